The third kappa shape index (κ3) is 1.34. The van der Waals surface area contributed by atoms with Crippen molar-refractivity contribution in [3.63, 3.8) is 0 Å². The van der Waals surface area contributed by atoms with Crippen LogP contribution in [0.5, 0.6) is 5.75 Å². The van der Waals surface area contributed by atoms with Crippen LogP contribution >= 0.6 is 23.1 Å². The summed E-state index contributed by atoms with van der Waals surface area (Å²) < 4.78 is 0.831. The zero-order chi connectivity index (χ0) is 9.42. The molecule has 5 heteroatoms. The van der Waals surface area contributed by atoms with Gasteiger partial charge in [-0.15, -0.1) is 11.8 Å². The van der Waals surface area contributed by atoms with Gasteiger partial charge in [0.25, 0.3) is 0 Å². The van der Waals surface area contributed by atoms with E-state index in [1.165, 1.54) is 0 Å². The average Bonchev–Trinajstić information content (AvgIpc) is 2.48. The van der Waals surface area contributed by atoms with Crippen LogP contribution in [-0.4, -0.2) is 16.3 Å². The first-order chi connectivity index (χ1) is 6.22. The first-order valence-electron chi connectivity index (χ1n) is 3.61. The number of hydrogen-bond acceptors (Lipinski definition) is 4. The molecule has 2 N–H and O–H groups in total. The van der Waals surface area contributed by atoms with Gasteiger partial charge in [0.05, 0.1) is 4.70 Å². The molecule has 0 bridgehead atoms. The second-order valence-electron chi connectivity index (χ2n) is 2.51. The Morgan fingerprint density at radius 3 is 3.00 bits per heavy atom. The molecule has 0 fully saturated rings. The number of aromatic hydroxyl groups is 1. The van der Waals surface area contributed by atoms with Gasteiger partial charge in [0, 0.05) is 4.90 Å². The number of phenols is 1. The molecule has 0 atom stereocenters. The third-order valence-electron chi connectivity index (χ3n) is 1.74. The number of H-pyrrole nitrogens is 1. The zero-order valence-electron chi connectivity index (χ0n) is 6.83. The van der Waals surface area contributed by atoms with Gasteiger partial charge in [-0.1, -0.05) is 11.3 Å². The lowest BCUT2D eigenvalue weighted by atomic mass is 10.3. The normalized spacial score (nSPS) is 10.8. The van der Waals surface area contributed by atoms with Crippen LogP contribution in [0, 0.1) is 0 Å². The van der Waals surface area contributed by atoms with E-state index in [4.69, 9.17) is 0 Å². The van der Waals surface area contributed by atoms with Crippen LogP contribution < -0.4 is 4.87 Å². The molecule has 13 heavy (non-hydrogen) atoms. The summed E-state index contributed by atoms with van der Waals surface area (Å²) in [4.78, 5) is 14.5. The maximum Gasteiger partial charge on any atom is 0.305 e. The highest BCUT2D eigenvalue weighted by Crippen LogP contribution is 2.32. The maximum absolute atomic E-state index is 11.1. The van der Waals surface area contributed by atoms with Gasteiger partial charge in [-0.25, -0.2) is 0 Å². The first kappa shape index (κ1) is 8.65. The van der Waals surface area contributed by atoms with Crippen molar-refractivity contribution in [3.05, 3.63) is 21.8 Å². The van der Waals surface area contributed by atoms with Crippen LogP contribution in [0.3, 0.4) is 0 Å². The Morgan fingerprint density at radius 1 is 1.54 bits per heavy atom. The van der Waals surface area contributed by atoms with Gasteiger partial charge in [0.1, 0.15) is 11.3 Å². The highest BCUT2D eigenvalue weighted by atomic mass is 32.2. The Kier molecular flexibility index (Phi) is 2.05. The fourth-order valence-electron chi connectivity index (χ4n) is 1.16. The van der Waals surface area contributed by atoms with Crippen molar-refractivity contribution in [2.24, 2.45) is 0 Å². The number of thiazole rings is 1. The lowest BCUT2D eigenvalue weighted by Gasteiger charge is -1.98. The highest BCUT2D eigenvalue weighted by Gasteiger charge is 2.07. The number of aromatic nitrogens is 1. The van der Waals surface area contributed by atoms with Crippen molar-refractivity contribution in [1.82, 2.24) is 4.98 Å². The fraction of sp³-hybridized carbons (Fsp3) is 0.125. The summed E-state index contributed by atoms with van der Waals surface area (Å²) in [6.45, 7) is 0. The molecule has 68 valence electrons. The van der Waals surface area contributed by atoms with E-state index < -0.39 is 0 Å². The smallest absolute Gasteiger partial charge is 0.305 e. The molecule has 2 aromatic rings. The van der Waals surface area contributed by atoms with E-state index in [1.54, 1.807) is 17.8 Å². The Hall–Kier alpha value is -0.940. The molecule has 1 aromatic heterocycles. The van der Waals surface area contributed by atoms with Crippen molar-refractivity contribution in [2.75, 3.05) is 6.26 Å². The minimum absolute atomic E-state index is 0.131. The van der Waals surface area contributed by atoms with Crippen molar-refractivity contribution in [2.45, 2.75) is 4.90 Å². The molecular formula is C8H7NO2S2. The molecule has 0 unspecified atom stereocenters. The van der Waals surface area contributed by atoms with Crippen molar-refractivity contribution >= 4 is 33.3 Å². The summed E-state index contributed by atoms with van der Waals surface area (Å²) in [6.07, 6.45) is 1.94. The molecule has 0 radical (unpaired) electrons. The summed E-state index contributed by atoms with van der Waals surface area (Å²) >= 11 is 2.69. The SMILES string of the molecule is CSc1ccc(O)c2[nH]c(=O)sc12. The first-order valence-corrected chi connectivity index (χ1v) is 5.65. The van der Waals surface area contributed by atoms with Gasteiger partial charge in [-0.05, 0) is 18.4 Å². The van der Waals surface area contributed by atoms with Crippen LogP contribution in [0.1, 0.15) is 0 Å². The summed E-state index contributed by atoms with van der Waals surface area (Å²) in [5.74, 6) is 0.131. The summed E-state index contributed by atoms with van der Waals surface area (Å²) in [5, 5.41) is 9.43. The van der Waals surface area contributed by atoms with E-state index in [-0.39, 0.29) is 10.6 Å². The van der Waals surface area contributed by atoms with Gasteiger partial charge in [-0.2, -0.15) is 0 Å². The van der Waals surface area contributed by atoms with Gasteiger partial charge >= 0.3 is 4.87 Å². The van der Waals surface area contributed by atoms with E-state index in [1.807, 2.05) is 12.3 Å². The second kappa shape index (κ2) is 3.08. The Bertz CT molecular complexity index is 500. The molecule has 0 aliphatic carbocycles. The number of fused-ring (bicyclic) bond motifs is 1. The monoisotopic (exact) mass is 213 g/mol. The summed E-state index contributed by atoms with van der Waals surface area (Å²) in [7, 11) is 0. The third-order valence-corrected chi connectivity index (χ3v) is 3.57. The van der Waals surface area contributed by atoms with Crippen LogP contribution in [0.4, 0.5) is 0 Å². The van der Waals surface area contributed by atoms with Crippen LogP contribution in [0.15, 0.2) is 21.8 Å². The summed E-state index contributed by atoms with van der Waals surface area (Å²) in [6, 6.07) is 3.41. The van der Waals surface area contributed by atoms with Crippen molar-refractivity contribution in [1.29, 1.82) is 0 Å². The maximum atomic E-state index is 11.1. The summed E-state index contributed by atoms with van der Waals surface area (Å²) in [5.41, 5.74) is 0.543. The highest BCUT2D eigenvalue weighted by molar-refractivity contribution is 7.99. The predicted octanol–water partition coefficient (Wildman–Crippen LogP) is 2.02. The standard InChI is InChI=1S/C8H7NO2S2/c1-12-5-3-2-4(10)6-7(5)13-8(11)9-6/h2-3,10H,1H3,(H,9,11). The second-order valence-corrected chi connectivity index (χ2v) is 4.34. The number of rotatable bonds is 1. The van der Waals surface area contributed by atoms with Crippen LogP contribution in [0.2, 0.25) is 0 Å². The van der Waals surface area contributed by atoms with Crippen molar-refractivity contribution in [3.8, 4) is 5.75 Å². The molecular weight excluding hydrogens is 206 g/mol. The predicted molar refractivity (Wildman–Crippen MR) is 55.9 cm³/mol. The average molecular weight is 213 g/mol. The van der Waals surface area contributed by atoms with E-state index in [0.717, 1.165) is 20.9 Å². The minimum atomic E-state index is -0.133. The quantitative estimate of drug-likeness (QED) is 0.712. The molecule has 3 nitrogen and oxygen atoms in total. The van der Waals surface area contributed by atoms with E-state index in [2.05, 4.69) is 4.98 Å². The number of phenolic OH excluding ortho intramolecular Hbond substituents is 1. The van der Waals surface area contributed by atoms with E-state index in [0.29, 0.717) is 5.52 Å². The molecule has 0 aliphatic rings. The Labute approximate surface area is 82.4 Å². The molecule has 2 rings (SSSR count). The largest absolute Gasteiger partial charge is 0.506 e. The van der Waals surface area contributed by atoms with E-state index in [9.17, 15) is 9.90 Å². The number of thioether (sulfide) groups is 1. The van der Waals surface area contributed by atoms with Crippen molar-refractivity contribution < 1.29 is 5.11 Å². The fourth-order valence-corrected chi connectivity index (χ4v) is 2.79. The van der Waals surface area contributed by atoms with Gasteiger partial charge in [0.2, 0.25) is 0 Å². The molecule has 1 aromatic carbocycles. The molecule has 0 saturated heterocycles. The molecule has 0 saturated carbocycles. The van der Waals surface area contributed by atoms with E-state index >= 15 is 0 Å². The number of aromatic amines is 1. The number of hydrogen-bond donors (Lipinski definition) is 2. The van der Waals surface area contributed by atoms with Gasteiger partial charge in [-0.3, -0.25) is 4.79 Å². The minimum Gasteiger partial charge on any atom is -0.506 e. The van der Waals surface area contributed by atoms with Gasteiger partial charge in [0.15, 0.2) is 0 Å². The number of benzene rings is 1. The Balaban J connectivity index is 2.91. The Morgan fingerprint density at radius 2 is 2.31 bits per heavy atom. The lowest BCUT2D eigenvalue weighted by Crippen LogP contribution is -1.89. The molecule has 0 spiro atoms. The van der Waals surface area contributed by atoms with Gasteiger partial charge < -0.3 is 10.1 Å². The number of nitrogens with one attached hydrogen (secondary N) is 1. The van der Waals surface area contributed by atoms with Crippen LogP contribution in [0.25, 0.3) is 10.2 Å². The topological polar surface area (TPSA) is 53.1 Å². The van der Waals surface area contributed by atoms with Crippen LogP contribution in [-0.2, 0) is 0 Å². The molecule has 1 heterocycles. The lowest BCUT2D eigenvalue weighted by molar-refractivity contribution is 0.480. The zero-order valence-corrected chi connectivity index (χ0v) is 8.46. The molecule has 0 aliphatic heterocycles. The molecule has 0 amide bonds.